The summed E-state index contributed by atoms with van der Waals surface area (Å²) in [6.45, 7) is 4.97. The van der Waals surface area contributed by atoms with Gasteiger partial charge in [-0.25, -0.2) is 0 Å². The second-order valence-corrected chi connectivity index (χ2v) is 4.10. The quantitative estimate of drug-likeness (QED) is 0.788. The van der Waals surface area contributed by atoms with Gasteiger partial charge in [-0.3, -0.25) is 4.68 Å². The van der Waals surface area contributed by atoms with Gasteiger partial charge in [-0.15, -0.1) is 0 Å². The van der Waals surface area contributed by atoms with Gasteiger partial charge in [0.15, 0.2) is 5.75 Å². The predicted molar refractivity (Wildman–Crippen MR) is 65.1 cm³/mol. The van der Waals surface area contributed by atoms with Gasteiger partial charge in [0.1, 0.15) is 11.3 Å². The van der Waals surface area contributed by atoms with Gasteiger partial charge in [-0.2, -0.15) is 5.10 Å². The van der Waals surface area contributed by atoms with Gasteiger partial charge in [0, 0.05) is 13.7 Å². The van der Waals surface area contributed by atoms with Crippen molar-refractivity contribution < 1.29 is 14.6 Å². The molecule has 1 unspecified atom stereocenters. The Hall–Kier alpha value is -1.07. The molecule has 0 aliphatic rings. The van der Waals surface area contributed by atoms with Crippen LogP contribution in [0.5, 0.6) is 5.75 Å². The van der Waals surface area contributed by atoms with E-state index in [1.807, 2.05) is 6.92 Å². The molecule has 1 aromatic heterocycles. The van der Waals surface area contributed by atoms with Crippen LogP contribution in [0.4, 0.5) is 0 Å². The highest BCUT2D eigenvalue weighted by Crippen LogP contribution is 2.33. The third kappa shape index (κ3) is 2.79. The first kappa shape index (κ1) is 14.0. The van der Waals surface area contributed by atoms with Crippen molar-refractivity contribution in [2.45, 2.75) is 38.8 Å². The summed E-state index contributed by atoms with van der Waals surface area (Å²) in [7, 11) is 3.16. The number of rotatable bonds is 7. The Morgan fingerprint density at radius 3 is 2.59 bits per heavy atom. The number of aryl methyl sites for hydroxylation is 1. The van der Waals surface area contributed by atoms with E-state index in [4.69, 9.17) is 9.47 Å². The molecule has 5 nitrogen and oxygen atoms in total. The van der Waals surface area contributed by atoms with Crippen LogP contribution in [0, 0.1) is 0 Å². The van der Waals surface area contributed by atoms with E-state index in [1.165, 1.54) is 0 Å². The summed E-state index contributed by atoms with van der Waals surface area (Å²) in [6, 6.07) is 0. The first-order valence-corrected chi connectivity index (χ1v) is 5.94. The van der Waals surface area contributed by atoms with Crippen LogP contribution in [0.1, 0.15) is 32.4 Å². The van der Waals surface area contributed by atoms with Crippen LogP contribution in [-0.2, 0) is 16.9 Å². The smallest absolute Gasteiger partial charge is 0.163 e. The summed E-state index contributed by atoms with van der Waals surface area (Å²) >= 11 is 0. The van der Waals surface area contributed by atoms with E-state index >= 15 is 0 Å². The van der Waals surface area contributed by atoms with Crippen molar-refractivity contribution in [2.24, 2.45) is 0 Å². The third-order valence-corrected chi connectivity index (χ3v) is 2.87. The van der Waals surface area contributed by atoms with Crippen LogP contribution in [0.15, 0.2) is 6.20 Å². The van der Waals surface area contributed by atoms with Crippen molar-refractivity contribution >= 4 is 0 Å². The molecule has 1 rings (SSSR count). The first-order chi connectivity index (χ1) is 8.12. The standard InChI is InChI=1S/C12H22N2O3/c1-5-7-14-11(10(17-4)8-13-14)12(15,6-2)9-16-3/h8,15H,5-7,9H2,1-4H3. The van der Waals surface area contributed by atoms with Crippen LogP contribution in [0.3, 0.4) is 0 Å². The predicted octanol–water partition coefficient (Wildman–Crippen LogP) is 1.55. The molecular weight excluding hydrogens is 220 g/mol. The Labute approximate surface area is 102 Å². The first-order valence-electron chi connectivity index (χ1n) is 5.94. The van der Waals surface area contributed by atoms with Crippen molar-refractivity contribution in [1.82, 2.24) is 9.78 Å². The normalized spacial score (nSPS) is 14.6. The van der Waals surface area contributed by atoms with E-state index in [1.54, 1.807) is 25.1 Å². The lowest BCUT2D eigenvalue weighted by Gasteiger charge is -2.27. The minimum absolute atomic E-state index is 0.231. The lowest BCUT2D eigenvalue weighted by Crippen LogP contribution is -2.33. The minimum atomic E-state index is -1.05. The lowest BCUT2D eigenvalue weighted by molar-refractivity contribution is -0.0463. The Bertz CT molecular complexity index is 352. The molecule has 0 spiro atoms. The monoisotopic (exact) mass is 242 g/mol. The highest BCUT2D eigenvalue weighted by atomic mass is 16.5. The number of hydrogen-bond acceptors (Lipinski definition) is 4. The van der Waals surface area contributed by atoms with Crippen LogP contribution in [0.2, 0.25) is 0 Å². The average Bonchev–Trinajstić information content (AvgIpc) is 2.73. The van der Waals surface area contributed by atoms with Crippen molar-refractivity contribution in [2.75, 3.05) is 20.8 Å². The second kappa shape index (κ2) is 6.02. The number of aliphatic hydroxyl groups is 1. The van der Waals surface area contributed by atoms with E-state index in [0.29, 0.717) is 17.9 Å². The molecule has 98 valence electrons. The van der Waals surface area contributed by atoms with Crippen molar-refractivity contribution in [3.05, 3.63) is 11.9 Å². The summed E-state index contributed by atoms with van der Waals surface area (Å²) in [4.78, 5) is 0. The molecule has 0 aromatic carbocycles. The number of methoxy groups -OCH3 is 2. The zero-order valence-electron chi connectivity index (χ0n) is 11.1. The van der Waals surface area contributed by atoms with Crippen molar-refractivity contribution in [3.8, 4) is 5.75 Å². The molecule has 0 amide bonds. The van der Waals surface area contributed by atoms with E-state index in [-0.39, 0.29) is 6.61 Å². The molecule has 0 radical (unpaired) electrons. The molecule has 1 N–H and O–H groups in total. The van der Waals surface area contributed by atoms with Gasteiger partial charge in [0.25, 0.3) is 0 Å². The second-order valence-electron chi connectivity index (χ2n) is 4.10. The third-order valence-electron chi connectivity index (χ3n) is 2.87. The SMILES string of the molecule is CCCn1ncc(OC)c1C(O)(CC)COC. The molecule has 1 atom stereocenters. The van der Waals surface area contributed by atoms with Gasteiger partial charge in [0.05, 0.1) is 19.9 Å². The maximum absolute atomic E-state index is 10.6. The Kier molecular flexibility index (Phi) is 4.96. The molecule has 0 bridgehead atoms. The number of aromatic nitrogens is 2. The lowest BCUT2D eigenvalue weighted by atomic mass is 9.96. The zero-order chi connectivity index (χ0) is 12.9. The van der Waals surface area contributed by atoms with E-state index in [0.717, 1.165) is 13.0 Å². The summed E-state index contributed by atoms with van der Waals surface area (Å²) in [6.07, 6.45) is 3.14. The topological polar surface area (TPSA) is 56.5 Å². The van der Waals surface area contributed by atoms with Crippen LogP contribution in [-0.4, -0.2) is 35.7 Å². The Morgan fingerprint density at radius 1 is 1.41 bits per heavy atom. The van der Waals surface area contributed by atoms with Crippen LogP contribution >= 0.6 is 0 Å². The van der Waals surface area contributed by atoms with Gasteiger partial charge in [0.2, 0.25) is 0 Å². The van der Waals surface area contributed by atoms with Crippen LogP contribution < -0.4 is 4.74 Å². The summed E-state index contributed by atoms with van der Waals surface area (Å²) < 4.78 is 12.2. The Morgan fingerprint density at radius 2 is 2.12 bits per heavy atom. The fourth-order valence-electron chi connectivity index (χ4n) is 1.95. The van der Waals surface area contributed by atoms with Crippen LogP contribution in [0.25, 0.3) is 0 Å². The molecule has 5 heteroatoms. The molecule has 0 saturated carbocycles. The molecule has 0 aliphatic carbocycles. The number of nitrogens with zero attached hydrogens (tertiary/aromatic N) is 2. The van der Waals surface area contributed by atoms with E-state index in [2.05, 4.69) is 12.0 Å². The average molecular weight is 242 g/mol. The summed E-state index contributed by atoms with van der Waals surface area (Å²) in [5, 5.41) is 14.9. The van der Waals surface area contributed by atoms with Gasteiger partial charge in [-0.1, -0.05) is 13.8 Å². The van der Waals surface area contributed by atoms with E-state index in [9.17, 15) is 5.11 Å². The van der Waals surface area contributed by atoms with Gasteiger partial charge >= 0.3 is 0 Å². The van der Waals surface area contributed by atoms with Crippen molar-refractivity contribution in [3.63, 3.8) is 0 Å². The summed E-state index contributed by atoms with van der Waals surface area (Å²) in [5.41, 5.74) is -0.350. The summed E-state index contributed by atoms with van der Waals surface area (Å²) in [5.74, 6) is 0.611. The molecule has 0 fully saturated rings. The Balaban J connectivity index is 3.18. The number of hydrogen-bond donors (Lipinski definition) is 1. The minimum Gasteiger partial charge on any atom is -0.493 e. The molecular formula is C12H22N2O3. The largest absolute Gasteiger partial charge is 0.493 e. The highest BCUT2D eigenvalue weighted by Gasteiger charge is 2.34. The van der Waals surface area contributed by atoms with Gasteiger partial charge < -0.3 is 14.6 Å². The van der Waals surface area contributed by atoms with E-state index < -0.39 is 5.60 Å². The van der Waals surface area contributed by atoms with Crippen molar-refractivity contribution in [1.29, 1.82) is 0 Å². The maximum atomic E-state index is 10.6. The fraction of sp³-hybridized carbons (Fsp3) is 0.750. The molecule has 0 saturated heterocycles. The zero-order valence-corrected chi connectivity index (χ0v) is 11.1. The number of ether oxygens (including phenoxy) is 2. The molecule has 1 heterocycles. The molecule has 1 aromatic rings. The molecule has 17 heavy (non-hydrogen) atoms. The maximum Gasteiger partial charge on any atom is 0.163 e. The molecule has 0 aliphatic heterocycles. The highest BCUT2D eigenvalue weighted by molar-refractivity contribution is 5.31. The van der Waals surface area contributed by atoms with Gasteiger partial charge in [-0.05, 0) is 12.8 Å². The fourth-order valence-corrected chi connectivity index (χ4v) is 1.95.